The van der Waals surface area contributed by atoms with Crippen LogP contribution in [0.5, 0.6) is 11.6 Å². The molecule has 3 heterocycles. The van der Waals surface area contributed by atoms with Gasteiger partial charge in [0, 0.05) is 54.5 Å². The quantitative estimate of drug-likeness (QED) is 0.191. The normalized spacial score (nSPS) is 15.2. The zero-order chi connectivity index (χ0) is 32.9. The molecule has 2 aromatic carbocycles. The van der Waals surface area contributed by atoms with Gasteiger partial charge in [0.25, 0.3) is 0 Å². The summed E-state index contributed by atoms with van der Waals surface area (Å²) >= 11 is 0. The molecule has 10 nitrogen and oxygen atoms in total. The molecular weight excluding hydrogens is 578 g/mol. The van der Waals surface area contributed by atoms with Gasteiger partial charge in [0.05, 0.1) is 22.7 Å². The van der Waals surface area contributed by atoms with Crippen molar-refractivity contribution in [3.8, 4) is 29.0 Å². The summed E-state index contributed by atoms with van der Waals surface area (Å²) in [5.74, 6) is 1.63. The molecule has 1 fully saturated rings. The molecule has 0 radical (unpaired) electrons. The molecule has 0 saturated carbocycles. The zero-order valence-corrected chi connectivity index (χ0v) is 27.6. The molecule has 2 aromatic heterocycles. The van der Waals surface area contributed by atoms with Crippen LogP contribution in [0, 0.1) is 23.7 Å². The van der Waals surface area contributed by atoms with Crippen molar-refractivity contribution in [2.24, 2.45) is 5.41 Å². The minimum Gasteiger partial charge on any atom is -0.444 e. The number of carbonyl (C=O) groups excluding carboxylic acids is 1. The summed E-state index contributed by atoms with van der Waals surface area (Å²) in [5, 5.41) is 18.3. The Morgan fingerprint density at radius 1 is 1.04 bits per heavy atom. The van der Waals surface area contributed by atoms with Gasteiger partial charge >= 0.3 is 6.09 Å². The minimum absolute atomic E-state index is 0.00625. The lowest BCUT2D eigenvalue weighted by Crippen LogP contribution is -2.47. The lowest BCUT2D eigenvalue weighted by molar-refractivity contribution is 0.0206. The molecule has 0 bridgehead atoms. The highest BCUT2D eigenvalue weighted by Crippen LogP contribution is 2.38. The smallest absolute Gasteiger partial charge is 0.410 e. The number of nitrogens with zero attached hydrogens (tertiary/aromatic N) is 5. The molecule has 0 spiro atoms. The Labute approximate surface area is 271 Å². The number of aromatic nitrogens is 3. The third-order valence-electron chi connectivity index (χ3n) is 7.88. The van der Waals surface area contributed by atoms with E-state index in [1.54, 1.807) is 17.3 Å². The van der Waals surface area contributed by atoms with E-state index in [-0.39, 0.29) is 12.1 Å². The van der Waals surface area contributed by atoms with E-state index in [0.29, 0.717) is 37.2 Å². The number of hydrogen-bond donors (Lipinski definition) is 2. The maximum absolute atomic E-state index is 12.7. The van der Waals surface area contributed by atoms with Gasteiger partial charge in [0.1, 0.15) is 11.4 Å². The number of likely N-dealkylation sites (tertiary alicyclic amines) is 1. The van der Waals surface area contributed by atoms with Crippen LogP contribution >= 0.6 is 0 Å². The fourth-order valence-corrected chi connectivity index (χ4v) is 5.41. The Balaban J connectivity index is 1.36. The Morgan fingerprint density at radius 3 is 2.65 bits per heavy atom. The number of anilines is 2. The third-order valence-corrected chi connectivity index (χ3v) is 7.88. The number of rotatable bonds is 9. The first kappa shape index (κ1) is 32.5. The van der Waals surface area contributed by atoms with E-state index in [4.69, 9.17) is 14.5 Å². The Hall–Kier alpha value is -4.91. The second-order valence-electron chi connectivity index (χ2n) is 13.4. The Morgan fingerprint density at radius 2 is 1.87 bits per heavy atom. The summed E-state index contributed by atoms with van der Waals surface area (Å²) in [6.07, 6.45) is 5.59. The number of nitrogens with one attached hydrogen (secondary N) is 2. The molecule has 1 atom stereocenters. The second kappa shape index (κ2) is 13.6. The van der Waals surface area contributed by atoms with Gasteiger partial charge in [0.2, 0.25) is 11.8 Å². The van der Waals surface area contributed by atoms with Crippen LogP contribution in [0.15, 0.2) is 60.9 Å². The van der Waals surface area contributed by atoms with Crippen molar-refractivity contribution in [3.63, 3.8) is 0 Å². The highest BCUT2D eigenvalue weighted by Gasteiger charge is 2.28. The molecule has 1 saturated heterocycles. The zero-order valence-electron chi connectivity index (χ0n) is 27.6. The molecule has 10 heteroatoms. The largest absolute Gasteiger partial charge is 0.444 e. The van der Waals surface area contributed by atoms with Crippen molar-refractivity contribution in [2.75, 3.05) is 30.3 Å². The lowest BCUT2D eigenvalue weighted by Gasteiger charge is -2.34. The predicted octanol–water partition coefficient (Wildman–Crippen LogP) is 7.96. The average Bonchev–Trinajstić information content (AvgIpc) is 3.02. The van der Waals surface area contributed by atoms with E-state index in [2.05, 4.69) is 32.7 Å². The minimum atomic E-state index is -0.544. The molecule has 0 unspecified atom stereocenters. The summed E-state index contributed by atoms with van der Waals surface area (Å²) in [6, 6.07) is 18.2. The van der Waals surface area contributed by atoms with Gasteiger partial charge in [-0.2, -0.15) is 5.26 Å². The van der Waals surface area contributed by atoms with Crippen LogP contribution in [0.4, 0.5) is 16.4 Å². The summed E-state index contributed by atoms with van der Waals surface area (Å²) in [7, 11) is 0. The number of amides is 1. The van der Waals surface area contributed by atoms with E-state index in [1.165, 1.54) is 0 Å². The summed E-state index contributed by atoms with van der Waals surface area (Å²) in [6.45, 7) is 13.4. The summed E-state index contributed by atoms with van der Waals surface area (Å²) in [5.41, 5.74) is 2.42. The predicted molar refractivity (Wildman–Crippen MR) is 181 cm³/mol. The van der Waals surface area contributed by atoms with Gasteiger partial charge in [-0.3, -0.25) is 0 Å². The van der Waals surface area contributed by atoms with Crippen molar-refractivity contribution in [1.29, 1.82) is 5.26 Å². The van der Waals surface area contributed by atoms with Crippen LogP contribution in [0.2, 0.25) is 0 Å². The molecule has 46 heavy (non-hydrogen) atoms. The molecular formula is C36H43N7O3. The van der Waals surface area contributed by atoms with Crippen molar-refractivity contribution in [1.82, 2.24) is 19.9 Å². The molecule has 1 aliphatic rings. The lowest BCUT2D eigenvalue weighted by atomic mass is 9.91. The van der Waals surface area contributed by atoms with Crippen LogP contribution in [0.1, 0.15) is 59.4 Å². The van der Waals surface area contributed by atoms with Crippen LogP contribution in [0.3, 0.4) is 0 Å². The maximum atomic E-state index is 12.7. The number of fused-ring (bicyclic) bond motifs is 1. The number of carbonyl (C=O) groups is 1. The number of ether oxygens (including phenoxy) is 2. The number of nitriles is 1. The third kappa shape index (κ3) is 8.02. The fourth-order valence-electron chi connectivity index (χ4n) is 5.41. The van der Waals surface area contributed by atoms with E-state index in [0.717, 1.165) is 52.6 Å². The van der Waals surface area contributed by atoms with Crippen LogP contribution < -0.4 is 15.4 Å². The second-order valence-corrected chi connectivity index (χ2v) is 13.4. The molecule has 4 aromatic rings. The maximum Gasteiger partial charge on any atom is 0.410 e. The van der Waals surface area contributed by atoms with E-state index >= 15 is 0 Å². The fraction of sp³-hybridized carbons (Fsp3) is 0.417. The van der Waals surface area contributed by atoms with Crippen LogP contribution in [0.25, 0.3) is 22.0 Å². The van der Waals surface area contributed by atoms with Gasteiger partial charge in [0.15, 0.2) is 0 Å². The number of hydrogen-bond acceptors (Lipinski definition) is 9. The number of benzene rings is 2. The first-order valence-corrected chi connectivity index (χ1v) is 15.8. The highest BCUT2D eigenvalue weighted by molar-refractivity contribution is 5.98. The molecule has 1 amide bonds. The van der Waals surface area contributed by atoms with E-state index in [1.807, 2.05) is 84.0 Å². The topological polar surface area (TPSA) is 125 Å². The van der Waals surface area contributed by atoms with Gasteiger partial charge in [-0.15, -0.1) is 0 Å². The first-order chi connectivity index (χ1) is 21.9. The van der Waals surface area contributed by atoms with E-state index < -0.39 is 11.0 Å². The first-order valence-electron chi connectivity index (χ1n) is 15.8. The number of aryl methyl sites for hydroxylation is 1. The standard InChI is InChI=1S/C36H43N7O3/c1-24-14-15-26-27(11-7-13-29(26)38-20-17-36(5,6)23-37)31(24)45-32-28(12-8-18-39-32)30-16-19-40-33(42-30)41-25-10-9-21-43(22-25)34(44)46-35(2,3)4/h7-8,11-16,18-19,25,38H,9-10,17,20-22H2,1-6H3,(H,40,41,42)/t25-/m0/s1. The van der Waals surface area contributed by atoms with Gasteiger partial charge in [-0.25, -0.2) is 19.7 Å². The van der Waals surface area contributed by atoms with Crippen molar-refractivity contribution >= 4 is 28.5 Å². The Kier molecular flexibility index (Phi) is 9.61. The number of pyridine rings is 1. The van der Waals surface area contributed by atoms with E-state index in [9.17, 15) is 10.1 Å². The SMILES string of the molecule is Cc1ccc2c(NCCC(C)(C)C#N)cccc2c1Oc1ncccc1-c1ccnc(N[C@H]2CCCN(C(=O)OC(C)(C)C)C2)n1. The van der Waals surface area contributed by atoms with Gasteiger partial charge in [-0.1, -0.05) is 24.3 Å². The van der Waals surface area contributed by atoms with Crippen LogP contribution in [-0.4, -0.2) is 57.2 Å². The molecule has 1 aliphatic heterocycles. The van der Waals surface area contributed by atoms with Gasteiger partial charge < -0.3 is 25.0 Å². The van der Waals surface area contributed by atoms with Gasteiger partial charge in [-0.05, 0) is 90.6 Å². The number of piperidine rings is 1. The average molecular weight is 622 g/mol. The Bertz CT molecular complexity index is 1740. The molecule has 2 N–H and O–H groups in total. The van der Waals surface area contributed by atoms with Crippen molar-refractivity contribution in [3.05, 3.63) is 66.5 Å². The monoisotopic (exact) mass is 621 g/mol. The molecule has 0 aliphatic carbocycles. The summed E-state index contributed by atoms with van der Waals surface area (Å²) in [4.78, 5) is 28.3. The van der Waals surface area contributed by atoms with Crippen molar-refractivity contribution in [2.45, 2.75) is 72.4 Å². The van der Waals surface area contributed by atoms with Crippen LogP contribution in [-0.2, 0) is 4.74 Å². The molecule has 5 rings (SSSR count). The highest BCUT2D eigenvalue weighted by atomic mass is 16.6. The summed E-state index contributed by atoms with van der Waals surface area (Å²) < 4.78 is 12.2. The molecule has 240 valence electrons. The van der Waals surface area contributed by atoms with Crippen molar-refractivity contribution < 1.29 is 14.3 Å².